The van der Waals surface area contributed by atoms with Crippen LogP contribution in [0.1, 0.15) is 62.0 Å². The Morgan fingerprint density at radius 3 is 2.13 bits per heavy atom. The van der Waals surface area contributed by atoms with Crippen LogP contribution in [-0.2, 0) is 10.0 Å². The van der Waals surface area contributed by atoms with Crippen molar-refractivity contribution in [3.8, 4) is 0 Å². The summed E-state index contributed by atoms with van der Waals surface area (Å²) in [5.41, 5.74) is 2.75. The lowest BCUT2D eigenvalue weighted by Crippen LogP contribution is -2.62. The van der Waals surface area contributed by atoms with Crippen molar-refractivity contribution in [3.05, 3.63) is 59.2 Å². The molecule has 1 heterocycles. The largest absolute Gasteiger partial charge is 0.349 e. The van der Waals surface area contributed by atoms with Crippen molar-refractivity contribution >= 4 is 21.6 Å². The van der Waals surface area contributed by atoms with Crippen LogP contribution >= 0.6 is 0 Å². The smallest absolute Gasteiger partial charge is 0.261 e. The van der Waals surface area contributed by atoms with Gasteiger partial charge in [-0.05, 0) is 95.8 Å². The number of anilines is 1. The Morgan fingerprint density at radius 1 is 0.968 bits per heavy atom. The molecule has 2 aromatic carbocycles. The van der Waals surface area contributed by atoms with E-state index in [4.69, 9.17) is 0 Å². The normalized spacial score (nSPS) is 18.4. The molecule has 0 unspecified atom stereocenters. The van der Waals surface area contributed by atoms with Gasteiger partial charge < -0.3 is 10.6 Å². The molecule has 6 nitrogen and oxygen atoms in total. The lowest BCUT2D eigenvalue weighted by molar-refractivity contribution is 0.0873. The molecule has 7 heteroatoms. The molecule has 31 heavy (non-hydrogen) atoms. The maximum atomic E-state index is 12.8. The van der Waals surface area contributed by atoms with Gasteiger partial charge in [0.1, 0.15) is 0 Å². The molecule has 2 aromatic rings. The van der Waals surface area contributed by atoms with Gasteiger partial charge in [-0.2, -0.15) is 0 Å². The molecular formula is C24H33N3O3S. The van der Waals surface area contributed by atoms with Crippen LogP contribution in [0.4, 0.5) is 5.69 Å². The average molecular weight is 444 g/mol. The predicted octanol–water partition coefficient (Wildman–Crippen LogP) is 4.14. The van der Waals surface area contributed by atoms with Crippen LogP contribution in [0, 0.1) is 13.8 Å². The Bertz CT molecular complexity index is 1060. The summed E-state index contributed by atoms with van der Waals surface area (Å²) in [6.45, 7) is 12.4. The highest BCUT2D eigenvalue weighted by atomic mass is 32.2. The summed E-state index contributed by atoms with van der Waals surface area (Å²) in [6.07, 6.45) is 1.66. The molecule has 1 aliphatic rings. The number of hydrogen-bond acceptors (Lipinski definition) is 4. The lowest BCUT2D eigenvalue weighted by atomic mass is 9.79. The van der Waals surface area contributed by atoms with E-state index < -0.39 is 10.0 Å². The van der Waals surface area contributed by atoms with Crippen molar-refractivity contribution in [1.29, 1.82) is 0 Å². The molecule has 1 fully saturated rings. The molecule has 3 rings (SSSR count). The van der Waals surface area contributed by atoms with Crippen LogP contribution in [0.3, 0.4) is 0 Å². The number of aryl methyl sites for hydroxylation is 1. The molecule has 0 spiro atoms. The third-order valence-corrected chi connectivity index (χ3v) is 7.18. The van der Waals surface area contributed by atoms with Gasteiger partial charge in [-0.3, -0.25) is 9.52 Å². The maximum absolute atomic E-state index is 12.8. The van der Waals surface area contributed by atoms with Crippen LogP contribution in [0.5, 0.6) is 0 Å². The van der Waals surface area contributed by atoms with Gasteiger partial charge in [0.05, 0.1) is 10.6 Å². The van der Waals surface area contributed by atoms with E-state index in [1.54, 1.807) is 18.2 Å². The van der Waals surface area contributed by atoms with Crippen molar-refractivity contribution in [3.63, 3.8) is 0 Å². The fourth-order valence-corrected chi connectivity index (χ4v) is 5.67. The first-order chi connectivity index (χ1) is 14.3. The van der Waals surface area contributed by atoms with E-state index in [1.807, 2.05) is 26.0 Å². The SMILES string of the molecule is Cc1cccc(NS(=O)(=O)c2ccc(C(=O)NC3CC(C)(C)NC(C)(C)C3)cc2)c1C. The summed E-state index contributed by atoms with van der Waals surface area (Å²) in [6, 6.07) is 11.6. The van der Waals surface area contributed by atoms with Crippen molar-refractivity contribution < 1.29 is 13.2 Å². The minimum atomic E-state index is -3.74. The Balaban J connectivity index is 1.72. The lowest BCUT2D eigenvalue weighted by Gasteiger charge is -2.46. The molecule has 1 aliphatic heterocycles. The number of piperidine rings is 1. The molecule has 0 aromatic heterocycles. The van der Waals surface area contributed by atoms with Crippen LogP contribution in [0.15, 0.2) is 47.4 Å². The molecule has 0 aliphatic carbocycles. The van der Waals surface area contributed by atoms with Crippen molar-refractivity contribution in [2.45, 2.75) is 76.4 Å². The highest BCUT2D eigenvalue weighted by molar-refractivity contribution is 7.92. The van der Waals surface area contributed by atoms with E-state index in [0.29, 0.717) is 11.3 Å². The first-order valence-electron chi connectivity index (χ1n) is 10.6. The number of amides is 1. The Labute approximate surface area is 185 Å². The molecule has 0 atom stereocenters. The van der Waals surface area contributed by atoms with E-state index in [9.17, 15) is 13.2 Å². The number of sulfonamides is 1. The van der Waals surface area contributed by atoms with Gasteiger partial charge in [0, 0.05) is 22.7 Å². The fraction of sp³-hybridized carbons (Fsp3) is 0.458. The third-order valence-electron chi connectivity index (χ3n) is 5.80. The van der Waals surface area contributed by atoms with Gasteiger partial charge in [-0.25, -0.2) is 8.42 Å². The molecule has 0 saturated carbocycles. The summed E-state index contributed by atoms with van der Waals surface area (Å²) in [4.78, 5) is 12.9. The zero-order valence-corrected chi connectivity index (χ0v) is 20.0. The number of hydrogen-bond donors (Lipinski definition) is 3. The summed E-state index contributed by atoms with van der Waals surface area (Å²) >= 11 is 0. The van der Waals surface area contributed by atoms with E-state index in [-0.39, 0.29) is 27.9 Å². The predicted molar refractivity (Wildman–Crippen MR) is 125 cm³/mol. The number of carbonyl (C=O) groups is 1. The van der Waals surface area contributed by atoms with Crippen LogP contribution in [-0.4, -0.2) is 31.4 Å². The first kappa shape index (κ1) is 23.3. The quantitative estimate of drug-likeness (QED) is 0.648. The minimum Gasteiger partial charge on any atom is -0.349 e. The number of carbonyl (C=O) groups excluding carboxylic acids is 1. The average Bonchev–Trinajstić information content (AvgIpc) is 2.63. The zero-order chi connectivity index (χ0) is 23.0. The molecular weight excluding hydrogens is 410 g/mol. The zero-order valence-electron chi connectivity index (χ0n) is 19.2. The Morgan fingerprint density at radius 2 is 1.55 bits per heavy atom. The second-order valence-corrected chi connectivity index (χ2v) is 11.5. The maximum Gasteiger partial charge on any atom is 0.261 e. The standard InChI is InChI=1S/C24H33N3O3S/c1-16-8-7-9-21(17(16)2)26-31(29,30)20-12-10-18(11-13-20)22(28)25-19-14-23(3,4)27-24(5,6)15-19/h7-13,19,26-27H,14-15H2,1-6H3,(H,25,28). The topological polar surface area (TPSA) is 87.3 Å². The second kappa shape index (κ2) is 8.28. The summed E-state index contributed by atoms with van der Waals surface area (Å²) in [7, 11) is -3.74. The highest BCUT2D eigenvalue weighted by Crippen LogP contribution is 2.29. The van der Waals surface area contributed by atoms with Gasteiger partial charge in [-0.15, -0.1) is 0 Å². The first-order valence-corrected chi connectivity index (χ1v) is 12.1. The summed E-state index contributed by atoms with van der Waals surface area (Å²) in [5.74, 6) is -0.190. The van der Waals surface area contributed by atoms with Gasteiger partial charge in [0.2, 0.25) is 0 Å². The number of rotatable bonds is 5. The van der Waals surface area contributed by atoms with Crippen LogP contribution in [0.2, 0.25) is 0 Å². The number of nitrogens with one attached hydrogen (secondary N) is 3. The van der Waals surface area contributed by atoms with E-state index >= 15 is 0 Å². The highest BCUT2D eigenvalue weighted by Gasteiger charge is 2.38. The van der Waals surface area contributed by atoms with Gasteiger partial charge in [-0.1, -0.05) is 12.1 Å². The van der Waals surface area contributed by atoms with E-state index in [1.165, 1.54) is 12.1 Å². The summed E-state index contributed by atoms with van der Waals surface area (Å²) < 4.78 is 28.2. The van der Waals surface area contributed by atoms with Crippen molar-refractivity contribution in [1.82, 2.24) is 10.6 Å². The van der Waals surface area contributed by atoms with Gasteiger partial charge in [0.15, 0.2) is 0 Å². The Kier molecular flexibility index (Phi) is 6.22. The van der Waals surface area contributed by atoms with Crippen molar-refractivity contribution in [2.75, 3.05) is 4.72 Å². The molecule has 168 valence electrons. The molecule has 0 radical (unpaired) electrons. The van der Waals surface area contributed by atoms with Crippen molar-refractivity contribution in [2.24, 2.45) is 0 Å². The molecule has 0 bridgehead atoms. The minimum absolute atomic E-state index is 0.0492. The molecule has 1 amide bonds. The number of benzene rings is 2. The van der Waals surface area contributed by atoms with Crippen LogP contribution < -0.4 is 15.4 Å². The molecule has 3 N–H and O–H groups in total. The third kappa shape index (κ3) is 5.66. The Hall–Kier alpha value is -2.38. The van der Waals surface area contributed by atoms with Gasteiger partial charge >= 0.3 is 0 Å². The van der Waals surface area contributed by atoms with E-state index in [0.717, 1.165) is 24.0 Å². The summed E-state index contributed by atoms with van der Waals surface area (Å²) in [5, 5.41) is 6.72. The fourth-order valence-electron chi connectivity index (χ4n) is 4.54. The molecule has 1 saturated heterocycles. The monoisotopic (exact) mass is 443 g/mol. The van der Waals surface area contributed by atoms with Gasteiger partial charge in [0.25, 0.3) is 15.9 Å². The van der Waals surface area contributed by atoms with E-state index in [2.05, 4.69) is 43.1 Å². The second-order valence-electron chi connectivity index (χ2n) is 9.85. The van der Waals surface area contributed by atoms with Crippen LogP contribution in [0.25, 0.3) is 0 Å².